The lowest BCUT2D eigenvalue weighted by Gasteiger charge is -2.19. The van der Waals surface area contributed by atoms with Crippen molar-refractivity contribution in [3.63, 3.8) is 0 Å². The molecule has 0 N–H and O–H groups in total. The standard InChI is InChI=1S/C5H13ClOSi/c1-4(2)7-5(3,6)8/h4H,1-3,8H3. The first-order valence-corrected chi connectivity index (χ1v) is 4.16. The molecule has 0 aliphatic rings. The number of rotatable bonds is 2. The summed E-state index contributed by atoms with van der Waals surface area (Å²) in [7, 11) is 0.869. The van der Waals surface area contributed by atoms with Crippen LogP contribution in [0.1, 0.15) is 20.8 Å². The van der Waals surface area contributed by atoms with Crippen LogP contribution < -0.4 is 0 Å². The smallest absolute Gasteiger partial charge is 0.115 e. The van der Waals surface area contributed by atoms with Crippen molar-refractivity contribution < 1.29 is 4.74 Å². The number of ether oxygens (including phenoxy) is 1. The van der Waals surface area contributed by atoms with Gasteiger partial charge in [-0.25, -0.2) is 0 Å². The van der Waals surface area contributed by atoms with Gasteiger partial charge in [-0.2, -0.15) is 0 Å². The van der Waals surface area contributed by atoms with Crippen molar-refractivity contribution in [2.24, 2.45) is 0 Å². The second kappa shape index (κ2) is 2.85. The van der Waals surface area contributed by atoms with Gasteiger partial charge in [0.2, 0.25) is 0 Å². The Labute approximate surface area is 58.8 Å². The van der Waals surface area contributed by atoms with Gasteiger partial charge in [-0.05, 0) is 20.8 Å². The molecule has 0 aliphatic heterocycles. The molecule has 0 aromatic heterocycles. The molecule has 8 heavy (non-hydrogen) atoms. The van der Waals surface area contributed by atoms with Gasteiger partial charge in [0.15, 0.2) is 0 Å². The van der Waals surface area contributed by atoms with Crippen LogP contribution in [0.15, 0.2) is 0 Å². The van der Waals surface area contributed by atoms with E-state index in [0.717, 1.165) is 10.2 Å². The van der Waals surface area contributed by atoms with E-state index < -0.39 is 0 Å². The van der Waals surface area contributed by atoms with E-state index in [2.05, 4.69) is 0 Å². The summed E-state index contributed by atoms with van der Waals surface area (Å²) in [5, 5.41) is 0. The van der Waals surface area contributed by atoms with Gasteiger partial charge in [0.05, 0.1) is 16.3 Å². The molecule has 0 aromatic carbocycles. The van der Waals surface area contributed by atoms with Crippen LogP contribution in [0, 0.1) is 0 Å². The summed E-state index contributed by atoms with van der Waals surface area (Å²) in [5.41, 5.74) is 0. The number of hydrogen-bond donors (Lipinski definition) is 0. The Morgan fingerprint density at radius 1 is 1.62 bits per heavy atom. The van der Waals surface area contributed by atoms with Crippen LogP contribution in [0.4, 0.5) is 0 Å². The lowest BCUT2D eigenvalue weighted by Crippen LogP contribution is -2.24. The van der Waals surface area contributed by atoms with E-state index in [1.165, 1.54) is 0 Å². The van der Waals surface area contributed by atoms with E-state index in [-0.39, 0.29) is 10.8 Å². The van der Waals surface area contributed by atoms with Crippen molar-refractivity contribution in [3.8, 4) is 0 Å². The fourth-order valence-corrected chi connectivity index (χ4v) is 1.21. The summed E-state index contributed by atoms with van der Waals surface area (Å²) < 4.78 is 4.90. The van der Waals surface area contributed by atoms with Crippen molar-refractivity contribution >= 4 is 21.8 Å². The van der Waals surface area contributed by atoms with Crippen molar-refractivity contribution in [3.05, 3.63) is 0 Å². The predicted octanol–water partition coefficient (Wildman–Crippen LogP) is 0.689. The van der Waals surface area contributed by atoms with Gasteiger partial charge in [-0.3, -0.25) is 0 Å². The van der Waals surface area contributed by atoms with E-state index in [9.17, 15) is 0 Å². The van der Waals surface area contributed by atoms with Crippen LogP contribution >= 0.6 is 11.6 Å². The SMILES string of the molecule is CC(C)OC(C)([SiH3])Cl. The third-order valence-corrected chi connectivity index (χ3v) is 0.841. The summed E-state index contributed by atoms with van der Waals surface area (Å²) in [4.78, 5) is 0. The molecule has 0 amide bonds. The second-order valence-corrected chi connectivity index (χ2v) is 5.98. The lowest BCUT2D eigenvalue weighted by molar-refractivity contribution is 0.0392. The van der Waals surface area contributed by atoms with Gasteiger partial charge >= 0.3 is 0 Å². The Balaban J connectivity index is 3.39. The highest BCUT2D eigenvalue weighted by molar-refractivity contribution is 6.43. The molecular formula is C5H13ClOSi. The van der Waals surface area contributed by atoms with Crippen molar-refractivity contribution in [1.82, 2.24) is 0 Å². The van der Waals surface area contributed by atoms with Crippen LogP contribution in [0.5, 0.6) is 0 Å². The Hall–Kier alpha value is 0.467. The second-order valence-electron chi connectivity index (χ2n) is 2.53. The topological polar surface area (TPSA) is 9.23 Å². The Morgan fingerprint density at radius 2 is 2.00 bits per heavy atom. The van der Waals surface area contributed by atoms with Gasteiger partial charge in [0.1, 0.15) is 4.68 Å². The Morgan fingerprint density at radius 3 is 2.00 bits per heavy atom. The Bertz CT molecular complexity index is 67.3. The van der Waals surface area contributed by atoms with E-state index >= 15 is 0 Å². The number of alkyl halides is 1. The molecule has 0 bridgehead atoms. The van der Waals surface area contributed by atoms with Crippen LogP contribution in [-0.2, 0) is 4.74 Å². The third-order valence-electron chi connectivity index (χ3n) is 0.516. The van der Waals surface area contributed by atoms with Crippen molar-refractivity contribution in [2.45, 2.75) is 31.6 Å². The molecule has 3 heteroatoms. The van der Waals surface area contributed by atoms with Gasteiger partial charge in [0, 0.05) is 0 Å². The molecule has 0 heterocycles. The Kier molecular flexibility index (Phi) is 3.02. The van der Waals surface area contributed by atoms with Gasteiger partial charge in [-0.15, -0.1) is 0 Å². The summed E-state index contributed by atoms with van der Waals surface area (Å²) in [5.74, 6) is 0. The minimum absolute atomic E-state index is 0.245. The van der Waals surface area contributed by atoms with E-state index in [1.54, 1.807) is 0 Å². The first-order chi connectivity index (χ1) is 3.42. The summed E-state index contributed by atoms with van der Waals surface area (Å²) in [6.07, 6.45) is 0.245. The number of hydrogen-bond acceptors (Lipinski definition) is 1. The monoisotopic (exact) mass is 152 g/mol. The normalized spacial score (nSPS) is 19.1. The van der Waals surface area contributed by atoms with Crippen LogP contribution in [-0.4, -0.2) is 21.0 Å². The highest BCUT2D eigenvalue weighted by Crippen LogP contribution is 2.12. The summed E-state index contributed by atoms with van der Waals surface area (Å²) in [6.45, 7) is 5.86. The molecule has 0 fully saturated rings. The van der Waals surface area contributed by atoms with Crippen LogP contribution in [0.3, 0.4) is 0 Å². The third kappa shape index (κ3) is 6.47. The van der Waals surface area contributed by atoms with E-state index in [1.807, 2.05) is 20.8 Å². The molecular weight excluding hydrogens is 140 g/mol. The quantitative estimate of drug-likeness (QED) is 0.418. The minimum atomic E-state index is -0.367. The molecule has 0 saturated heterocycles. The molecule has 1 nitrogen and oxygen atoms in total. The highest BCUT2D eigenvalue weighted by atomic mass is 35.5. The zero-order chi connectivity index (χ0) is 6.78. The van der Waals surface area contributed by atoms with Crippen molar-refractivity contribution in [1.29, 1.82) is 0 Å². The molecule has 0 spiro atoms. The molecule has 1 atom stereocenters. The number of halogens is 1. The van der Waals surface area contributed by atoms with Crippen LogP contribution in [0.2, 0.25) is 0 Å². The van der Waals surface area contributed by atoms with Crippen LogP contribution in [0.25, 0.3) is 0 Å². The first-order valence-electron chi connectivity index (χ1n) is 2.78. The average Bonchev–Trinajstić information content (AvgIpc) is 1.21. The largest absolute Gasteiger partial charge is 0.362 e. The maximum atomic E-state index is 5.77. The first kappa shape index (κ1) is 8.47. The lowest BCUT2D eigenvalue weighted by atomic mass is 10.5. The molecule has 0 aromatic rings. The van der Waals surface area contributed by atoms with E-state index in [0.29, 0.717) is 0 Å². The molecule has 0 radical (unpaired) electrons. The van der Waals surface area contributed by atoms with Gasteiger partial charge in [0.25, 0.3) is 0 Å². The molecule has 0 saturated carbocycles. The molecule has 0 rings (SSSR count). The average molecular weight is 153 g/mol. The fraction of sp³-hybridized carbons (Fsp3) is 1.00. The molecule has 0 aliphatic carbocycles. The highest BCUT2D eigenvalue weighted by Gasteiger charge is 2.13. The zero-order valence-electron chi connectivity index (χ0n) is 5.86. The van der Waals surface area contributed by atoms with Gasteiger partial charge < -0.3 is 4.74 Å². The molecule has 1 unspecified atom stereocenters. The summed E-state index contributed by atoms with van der Waals surface area (Å²) in [6, 6.07) is 0. The maximum absolute atomic E-state index is 5.77. The minimum Gasteiger partial charge on any atom is -0.362 e. The summed E-state index contributed by atoms with van der Waals surface area (Å²) >= 11 is 5.77. The maximum Gasteiger partial charge on any atom is 0.115 e. The zero-order valence-corrected chi connectivity index (χ0v) is 8.62. The predicted molar refractivity (Wildman–Crippen MR) is 40.4 cm³/mol. The van der Waals surface area contributed by atoms with Gasteiger partial charge in [-0.1, -0.05) is 11.6 Å². The van der Waals surface area contributed by atoms with E-state index in [4.69, 9.17) is 16.3 Å². The van der Waals surface area contributed by atoms with Crippen molar-refractivity contribution in [2.75, 3.05) is 0 Å². The fourth-order valence-electron chi connectivity index (χ4n) is 0.560. The molecule has 50 valence electrons.